The molecule has 1 aromatic heterocycles. The minimum Gasteiger partial charge on any atom is -0.391 e. The summed E-state index contributed by atoms with van der Waals surface area (Å²) in [5.41, 5.74) is 0. The van der Waals surface area contributed by atoms with Gasteiger partial charge in [0.1, 0.15) is 6.20 Å². The Morgan fingerprint density at radius 3 is 1.93 bits per heavy atom. The third-order valence-corrected chi connectivity index (χ3v) is 1.66. The van der Waals surface area contributed by atoms with E-state index in [1.807, 2.05) is 28.7 Å². The van der Waals surface area contributed by atoms with Gasteiger partial charge in [-0.25, -0.2) is 9.13 Å². The van der Waals surface area contributed by atoms with Crippen LogP contribution in [0.1, 0.15) is 6.92 Å². The highest BCUT2D eigenvalue weighted by Crippen LogP contribution is 2.23. The predicted molar refractivity (Wildman–Crippen MR) is 65.5 cm³/mol. The lowest BCUT2D eigenvalue weighted by molar-refractivity contribution is -0.693. The quantitative estimate of drug-likeness (QED) is 0.555. The molecular weight excluding hydrogens is 304 g/mol. The van der Waals surface area contributed by atoms with E-state index in [2.05, 4.69) is 6.92 Å². The van der Waals surface area contributed by atoms with Gasteiger partial charge in [0.25, 0.3) is 0 Å². The van der Waals surface area contributed by atoms with Crippen LogP contribution >= 0.6 is 51.8 Å². The van der Waals surface area contributed by atoms with Crippen molar-refractivity contribution in [1.29, 1.82) is 0 Å². The molecule has 14 heavy (non-hydrogen) atoms. The topological polar surface area (TPSA) is 8.81 Å². The molecule has 0 amide bonds. The first-order chi connectivity index (χ1) is 6.24. The van der Waals surface area contributed by atoms with Gasteiger partial charge < -0.3 is 40.2 Å². The standard InChI is InChI=1S/C6H10ClN2.Al.4ClH/c1-3-9-4-6(7)8(2)5-9;;;;;/h4-5H,3H2,1-2H3;;4*1H/q+1;+3;;;;/p-4. The van der Waals surface area contributed by atoms with E-state index in [1.165, 1.54) is 0 Å². The molecule has 1 aromatic rings. The second-order valence-corrected chi connectivity index (χ2v) is 15.8. The number of aromatic nitrogens is 2. The third kappa shape index (κ3) is 8.50. The summed E-state index contributed by atoms with van der Waals surface area (Å²) in [5.74, 6) is 0. The van der Waals surface area contributed by atoms with Crippen LogP contribution in [0.15, 0.2) is 12.5 Å². The first-order valence-electron chi connectivity index (χ1n) is 3.82. The molecule has 2 nitrogen and oxygen atoms in total. The normalized spacial score (nSPS) is 10.8. The average molecular weight is 314 g/mol. The van der Waals surface area contributed by atoms with Gasteiger partial charge in [-0.3, -0.25) is 0 Å². The molecule has 0 saturated heterocycles. The maximum Gasteiger partial charge on any atom is 0.564 e. The van der Waals surface area contributed by atoms with Gasteiger partial charge in [-0.1, -0.05) is 0 Å². The minimum atomic E-state index is -2.94. The monoisotopic (exact) mass is 312 g/mol. The number of halogens is 5. The van der Waals surface area contributed by atoms with E-state index < -0.39 is 9.39 Å². The Labute approximate surface area is 108 Å². The van der Waals surface area contributed by atoms with Gasteiger partial charge >= 0.3 is 9.39 Å². The lowest BCUT2D eigenvalue weighted by atomic mass is 10.7. The Morgan fingerprint density at radius 2 is 1.79 bits per heavy atom. The molecule has 0 aliphatic carbocycles. The Morgan fingerprint density at radius 1 is 1.36 bits per heavy atom. The number of imidazole rings is 1. The Kier molecular flexibility index (Phi) is 7.28. The van der Waals surface area contributed by atoms with Crippen LogP contribution in [-0.2, 0) is 13.6 Å². The van der Waals surface area contributed by atoms with Gasteiger partial charge in [0, 0.05) is 0 Å². The molecule has 0 radical (unpaired) electrons. The summed E-state index contributed by atoms with van der Waals surface area (Å²) in [6.07, 6.45) is 3.86. The van der Waals surface area contributed by atoms with Crippen LogP contribution in [0.25, 0.3) is 0 Å². The molecule has 0 atom stereocenters. The summed E-state index contributed by atoms with van der Waals surface area (Å²) in [6, 6.07) is 0. The summed E-state index contributed by atoms with van der Waals surface area (Å²) in [7, 11) is 19.0. The van der Waals surface area contributed by atoms with E-state index in [-0.39, 0.29) is 0 Å². The van der Waals surface area contributed by atoms with Gasteiger partial charge in [-0.05, 0) is 18.5 Å². The van der Waals surface area contributed by atoms with Crippen LogP contribution in [0.3, 0.4) is 0 Å². The molecule has 0 bridgehead atoms. The van der Waals surface area contributed by atoms with E-state index in [4.69, 9.17) is 51.8 Å². The molecule has 0 spiro atoms. The van der Waals surface area contributed by atoms with E-state index in [0.717, 1.165) is 11.7 Å². The summed E-state index contributed by atoms with van der Waals surface area (Å²) < 4.78 is 3.91. The average Bonchev–Trinajstić information content (AvgIpc) is 2.28. The summed E-state index contributed by atoms with van der Waals surface area (Å²) >= 11 is 5.75. The molecule has 0 aliphatic rings. The molecule has 1 rings (SSSR count). The van der Waals surface area contributed by atoms with Crippen molar-refractivity contribution in [2.75, 3.05) is 0 Å². The maximum absolute atomic E-state index is 5.75. The fraction of sp³-hybridized carbons (Fsp3) is 0.500. The highest BCUT2D eigenvalue weighted by molar-refractivity contribution is 7.81. The van der Waals surface area contributed by atoms with Crippen LogP contribution in [0.2, 0.25) is 5.15 Å². The summed E-state index contributed by atoms with van der Waals surface area (Å²) in [4.78, 5) is 0. The minimum absolute atomic E-state index is 0.775. The van der Waals surface area contributed by atoms with Crippen LogP contribution in [0.4, 0.5) is 0 Å². The zero-order chi connectivity index (χ0) is 11.4. The zero-order valence-corrected chi connectivity index (χ0v) is 12.7. The van der Waals surface area contributed by atoms with Crippen molar-refractivity contribution in [2.45, 2.75) is 13.5 Å². The first-order valence-corrected chi connectivity index (χ1v) is 11.2. The van der Waals surface area contributed by atoms with Crippen LogP contribution < -0.4 is 4.57 Å². The van der Waals surface area contributed by atoms with Gasteiger partial charge in [0.15, 0.2) is 0 Å². The number of aryl methyl sites for hydroxylation is 2. The highest BCUT2D eigenvalue weighted by Gasteiger charge is 2.14. The van der Waals surface area contributed by atoms with Crippen molar-refractivity contribution < 1.29 is 4.57 Å². The van der Waals surface area contributed by atoms with E-state index in [1.54, 1.807) is 0 Å². The maximum atomic E-state index is 5.75. The second-order valence-electron chi connectivity index (χ2n) is 2.50. The summed E-state index contributed by atoms with van der Waals surface area (Å²) in [5, 5.41) is 0.775. The van der Waals surface area contributed by atoms with Crippen molar-refractivity contribution in [2.24, 2.45) is 7.05 Å². The van der Waals surface area contributed by atoms with Gasteiger partial charge in [-0.2, -0.15) is 0 Å². The first kappa shape index (κ1) is 15.2. The number of rotatable bonds is 1. The van der Waals surface area contributed by atoms with Crippen molar-refractivity contribution in [3.63, 3.8) is 0 Å². The molecule has 8 heteroatoms. The molecule has 0 fully saturated rings. The second kappa shape index (κ2) is 6.71. The highest BCUT2D eigenvalue weighted by atomic mass is 35.9. The van der Waals surface area contributed by atoms with Gasteiger partial charge in [0.05, 0.1) is 13.6 Å². The lowest BCUT2D eigenvalue weighted by Gasteiger charge is -1.97. The van der Waals surface area contributed by atoms with Gasteiger partial charge in [-0.15, -0.1) is 0 Å². The SMILES string of the molecule is CC[n+]1cc(Cl)n(C)c1.[Cl][Al-]([Cl])([Cl])[Cl]. The Bertz CT molecular complexity index is 257. The number of hydrogen-bond acceptors (Lipinski definition) is 0. The molecule has 82 valence electrons. The van der Waals surface area contributed by atoms with E-state index >= 15 is 0 Å². The summed E-state index contributed by atoms with van der Waals surface area (Å²) in [6.45, 7) is 3.05. The van der Waals surface area contributed by atoms with Crippen LogP contribution in [-0.4, -0.2) is 14.0 Å². The van der Waals surface area contributed by atoms with E-state index in [0.29, 0.717) is 0 Å². The van der Waals surface area contributed by atoms with Crippen LogP contribution in [0, 0.1) is 0 Å². The number of nitrogens with zero attached hydrogens (tertiary/aromatic N) is 2. The predicted octanol–water partition coefficient (Wildman–Crippen LogP) is 3.36. The molecule has 0 aliphatic heterocycles. The number of hydrogen-bond donors (Lipinski definition) is 0. The van der Waals surface area contributed by atoms with Crippen molar-refractivity contribution in [1.82, 2.24) is 4.57 Å². The molecule has 0 unspecified atom stereocenters. The van der Waals surface area contributed by atoms with Crippen LogP contribution in [0.5, 0.6) is 0 Å². The largest absolute Gasteiger partial charge is 0.564 e. The van der Waals surface area contributed by atoms with Crippen molar-refractivity contribution >= 4 is 61.2 Å². The molecule has 0 N–H and O–H groups in total. The zero-order valence-electron chi connectivity index (χ0n) is 7.72. The molecule has 0 aromatic carbocycles. The van der Waals surface area contributed by atoms with Crippen molar-refractivity contribution in [3.05, 3.63) is 17.7 Å². The third-order valence-electron chi connectivity index (χ3n) is 1.30. The Hall–Kier alpha value is 1.19. The van der Waals surface area contributed by atoms with E-state index in [9.17, 15) is 0 Å². The fourth-order valence-electron chi connectivity index (χ4n) is 0.712. The molecule has 1 heterocycles. The Balaban J connectivity index is 0.000000292. The lowest BCUT2D eigenvalue weighted by Crippen LogP contribution is -2.28. The van der Waals surface area contributed by atoms with Gasteiger partial charge in [0.2, 0.25) is 11.5 Å². The fourth-order valence-corrected chi connectivity index (χ4v) is 0.881. The smallest absolute Gasteiger partial charge is 0.391 e. The molecule has 0 saturated carbocycles. The van der Waals surface area contributed by atoms with Crippen molar-refractivity contribution in [3.8, 4) is 0 Å². The molecular formula is C6H10AlCl5N2.